The van der Waals surface area contributed by atoms with E-state index in [2.05, 4.69) is 10.1 Å². The Hall–Kier alpha value is -1.22. The normalized spacial score (nSPS) is 11.9. The summed E-state index contributed by atoms with van der Waals surface area (Å²) in [5.41, 5.74) is 0.858. The van der Waals surface area contributed by atoms with E-state index in [-0.39, 0.29) is 12.0 Å². The van der Waals surface area contributed by atoms with E-state index in [1.165, 1.54) is 7.11 Å². The highest BCUT2D eigenvalue weighted by atomic mass is 35.5. The monoisotopic (exact) mass is 227 g/mol. The van der Waals surface area contributed by atoms with Crippen LogP contribution in [0.1, 0.15) is 13.3 Å². The van der Waals surface area contributed by atoms with Crippen LogP contribution in [0.15, 0.2) is 24.3 Å². The van der Waals surface area contributed by atoms with Crippen molar-refractivity contribution in [1.29, 1.82) is 0 Å². The molecule has 4 heteroatoms. The quantitative estimate of drug-likeness (QED) is 0.804. The van der Waals surface area contributed by atoms with Crippen molar-refractivity contribution < 1.29 is 9.53 Å². The number of nitrogens with one attached hydrogen (secondary N) is 1. The standard InChI is InChI=1S/C11H14ClNO2/c1-3-10(11(14)15-2)13-9-6-4-8(12)5-7-9/h4-7,10,13H,3H2,1-2H3. The van der Waals surface area contributed by atoms with Crippen molar-refractivity contribution in [3.05, 3.63) is 29.3 Å². The first-order chi connectivity index (χ1) is 7.17. The van der Waals surface area contributed by atoms with Crippen molar-refractivity contribution >= 4 is 23.3 Å². The van der Waals surface area contributed by atoms with Crippen LogP contribution in [0.25, 0.3) is 0 Å². The average Bonchev–Trinajstić information content (AvgIpc) is 2.27. The second kappa shape index (κ2) is 5.61. The van der Waals surface area contributed by atoms with E-state index in [9.17, 15) is 4.79 Å². The lowest BCUT2D eigenvalue weighted by molar-refractivity contribution is -0.141. The van der Waals surface area contributed by atoms with Gasteiger partial charge in [0.05, 0.1) is 7.11 Å². The Kier molecular flexibility index (Phi) is 4.43. The van der Waals surface area contributed by atoms with Crippen LogP contribution in [0.4, 0.5) is 5.69 Å². The zero-order chi connectivity index (χ0) is 11.3. The zero-order valence-corrected chi connectivity index (χ0v) is 9.54. The first kappa shape index (κ1) is 11.9. The summed E-state index contributed by atoms with van der Waals surface area (Å²) in [7, 11) is 1.38. The number of hydrogen-bond donors (Lipinski definition) is 1. The van der Waals surface area contributed by atoms with Gasteiger partial charge in [-0.3, -0.25) is 0 Å². The molecule has 0 saturated heterocycles. The largest absolute Gasteiger partial charge is 0.467 e. The Morgan fingerprint density at radius 1 is 1.47 bits per heavy atom. The molecular formula is C11H14ClNO2. The van der Waals surface area contributed by atoms with E-state index in [1.54, 1.807) is 12.1 Å². The summed E-state index contributed by atoms with van der Waals surface area (Å²) in [4.78, 5) is 11.3. The van der Waals surface area contributed by atoms with Crippen molar-refractivity contribution in [2.24, 2.45) is 0 Å². The minimum Gasteiger partial charge on any atom is -0.467 e. The third-order valence-corrected chi connectivity index (χ3v) is 2.33. The molecule has 15 heavy (non-hydrogen) atoms. The lowest BCUT2D eigenvalue weighted by Gasteiger charge is -2.15. The van der Waals surface area contributed by atoms with E-state index in [1.807, 2.05) is 19.1 Å². The van der Waals surface area contributed by atoms with Gasteiger partial charge in [-0.1, -0.05) is 18.5 Å². The highest BCUT2D eigenvalue weighted by molar-refractivity contribution is 6.30. The van der Waals surface area contributed by atoms with Gasteiger partial charge in [-0.15, -0.1) is 0 Å². The minimum atomic E-state index is -0.309. The van der Waals surface area contributed by atoms with Crippen molar-refractivity contribution in [1.82, 2.24) is 0 Å². The molecule has 82 valence electrons. The van der Waals surface area contributed by atoms with Crippen molar-refractivity contribution in [2.75, 3.05) is 12.4 Å². The summed E-state index contributed by atoms with van der Waals surface area (Å²) in [5.74, 6) is -0.257. The molecule has 1 unspecified atom stereocenters. The molecule has 1 rings (SSSR count). The predicted octanol–water partition coefficient (Wildman–Crippen LogP) is 2.70. The molecular weight excluding hydrogens is 214 g/mol. The Morgan fingerprint density at radius 3 is 2.53 bits per heavy atom. The van der Waals surface area contributed by atoms with Crippen molar-refractivity contribution in [2.45, 2.75) is 19.4 Å². The second-order valence-corrected chi connectivity index (χ2v) is 3.57. The number of carbonyl (C=O) groups excluding carboxylic acids is 1. The summed E-state index contributed by atoms with van der Waals surface area (Å²) in [6.07, 6.45) is 0.676. The van der Waals surface area contributed by atoms with Crippen LogP contribution in [0.2, 0.25) is 5.02 Å². The number of methoxy groups -OCH3 is 1. The van der Waals surface area contributed by atoms with Crippen LogP contribution in [0.5, 0.6) is 0 Å². The van der Waals surface area contributed by atoms with Crippen molar-refractivity contribution in [3.8, 4) is 0 Å². The molecule has 0 saturated carbocycles. The Labute approximate surface area is 94.4 Å². The van der Waals surface area contributed by atoms with E-state index in [0.717, 1.165) is 5.69 Å². The molecule has 0 aliphatic heterocycles. The van der Waals surface area contributed by atoms with Gasteiger partial charge in [0.25, 0.3) is 0 Å². The maximum Gasteiger partial charge on any atom is 0.328 e. The third-order valence-electron chi connectivity index (χ3n) is 2.08. The average molecular weight is 228 g/mol. The minimum absolute atomic E-state index is 0.257. The van der Waals surface area contributed by atoms with E-state index in [0.29, 0.717) is 11.4 Å². The number of rotatable bonds is 4. The summed E-state index contributed by atoms with van der Waals surface area (Å²) in [6, 6.07) is 6.89. The molecule has 0 aromatic heterocycles. The van der Waals surface area contributed by atoms with Gasteiger partial charge in [0.2, 0.25) is 0 Å². The number of benzene rings is 1. The summed E-state index contributed by atoms with van der Waals surface area (Å²) < 4.78 is 4.67. The van der Waals surface area contributed by atoms with Gasteiger partial charge in [0.15, 0.2) is 0 Å². The number of ether oxygens (including phenoxy) is 1. The number of halogens is 1. The SMILES string of the molecule is CCC(Nc1ccc(Cl)cc1)C(=O)OC. The van der Waals surface area contributed by atoms with Crippen LogP contribution < -0.4 is 5.32 Å². The topological polar surface area (TPSA) is 38.3 Å². The number of hydrogen-bond acceptors (Lipinski definition) is 3. The maximum absolute atomic E-state index is 11.3. The van der Waals surface area contributed by atoms with Gasteiger partial charge < -0.3 is 10.1 Å². The summed E-state index contributed by atoms with van der Waals surface area (Å²) in [5, 5.41) is 3.75. The number of carbonyl (C=O) groups is 1. The highest BCUT2D eigenvalue weighted by Crippen LogP contribution is 2.15. The highest BCUT2D eigenvalue weighted by Gasteiger charge is 2.15. The molecule has 0 aliphatic carbocycles. The van der Waals surface area contributed by atoms with Gasteiger partial charge in [-0.05, 0) is 30.7 Å². The molecule has 0 heterocycles. The fourth-order valence-corrected chi connectivity index (χ4v) is 1.34. The van der Waals surface area contributed by atoms with Gasteiger partial charge in [0, 0.05) is 10.7 Å². The summed E-state index contributed by atoms with van der Waals surface area (Å²) in [6.45, 7) is 1.92. The van der Waals surface area contributed by atoms with E-state index < -0.39 is 0 Å². The first-order valence-corrected chi connectivity index (χ1v) is 5.15. The third kappa shape index (κ3) is 3.44. The molecule has 3 nitrogen and oxygen atoms in total. The van der Waals surface area contributed by atoms with Crippen LogP contribution in [-0.2, 0) is 9.53 Å². The Bertz CT molecular complexity index is 324. The number of anilines is 1. The molecule has 0 aliphatic rings. The summed E-state index contributed by atoms with van der Waals surface area (Å²) >= 11 is 5.75. The van der Waals surface area contributed by atoms with Gasteiger partial charge >= 0.3 is 5.97 Å². The van der Waals surface area contributed by atoms with Crippen LogP contribution in [-0.4, -0.2) is 19.1 Å². The predicted molar refractivity (Wildman–Crippen MR) is 61.2 cm³/mol. The van der Waals surface area contributed by atoms with Crippen LogP contribution in [0, 0.1) is 0 Å². The first-order valence-electron chi connectivity index (χ1n) is 4.77. The molecule has 0 amide bonds. The molecule has 0 bridgehead atoms. The zero-order valence-electron chi connectivity index (χ0n) is 8.79. The molecule has 0 spiro atoms. The molecule has 1 aromatic carbocycles. The van der Waals surface area contributed by atoms with E-state index in [4.69, 9.17) is 11.6 Å². The molecule has 1 atom stereocenters. The number of esters is 1. The van der Waals surface area contributed by atoms with E-state index >= 15 is 0 Å². The molecule has 0 radical (unpaired) electrons. The van der Waals surface area contributed by atoms with Gasteiger partial charge in [-0.2, -0.15) is 0 Å². The Morgan fingerprint density at radius 2 is 2.07 bits per heavy atom. The smallest absolute Gasteiger partial charge is 0.328 e. The second-order valence-electron chi connectivity index (χ2n) is 3.14. The fraction of sp³-hybridized carbons (Fsp3) is 0.364. The molecule has 1 N–H and O–H groups in total. The van der Waals surface area contributed by atoms with Gasteiger partial charge in [-0.25, -0.2) is 4.79 Å². The molecule has 0 fully saturated rings. The Balaban J connectivity index is 2.66. The lowest BCUT2D eigenvalue weighted by atomic mass is 10.2. The lowest BCUT2D eigenvalue weighted by Crippen LogP contribution is -2.29. The maximum atomic E-state index is 11.3. The fourth-order valence-electron chi connectivity index (χ4n) is 1.22. The van der Waals surface area contributed by atoms with Gasteiger partial charge in [0.1, 0.15) is 6.04 Å². The van der Waals surface area contributed by atoms with Crippen molar-refractivity contribution in [3.63, 3.8) is 0 Å². The van der Waals surface area contributed by atoms with Crippen LogP contribution in [0.3, 0.4) is 0 Å². The molecule has 1 aromatic rings. The van der Waals surface area contributed by atoms with Crippen LogP contribution >= 0.6 is 11.6 Å².